The molecule has 21 heavy (non-hydrogen) atoms. The van der Waals surface area contributed by atoms with Gasteiger partial charge in [0, 0.05) is 19.6 Å². The second-order valence-corrected chi connectivity index (χ2v) is 6.52. The number of fused-ring (bicyclic) bond motifs is 1. The highest BCUT2D eigenvalue weighted by Crippen LogP contribution is 2.42. The van der Waals surface area contributed by atoms with Crippen molar-refractivity contribution in [1.29, 1.82) is 0 Å². The van der Waals surface area contributed by atoms with Crippen molar-refractivity contribution in [3.05, 3.63) is 11.3 Å². The zero-order valence-electron chi connectivity index (χ0n) is 13.5. The van der Waals surface area contributed by atoms with Crippen molar-refractivity contribution in [2.45, 2.75) is 51.1 Å². The molecule has 1 saturated heterocycles. The Morgan fingerprint density at radius 3 is 2.81 bits per heavy atom. The van der Waals surface area contributed by atoms with Crippen LogP contribution in [0.3, 0.4) is 0 Å². The number of hydrogen-bond acceptors (Lipinski definition) is 4. The van der Waals surface area contributed by atoms with Crippen LogP contribution in [0.2, 0.25) is 0 Å². The predicted molar refractivity (Wildman–Crippen MR) is 83.4 cm³/mol. The number of nitrogens with two attached hydrogens (primary N) is 1. The summed E-state index contributed by atoms with van der Waals surface area (Å²) in [5.74, 6) is 1.73. The molecule has 5 heteroatoms. The summed E-state index contributed by atoms with van der Waals surface area (Å²) >= 11 is 0. The Kier molecular flexibility index (Phi) is 4.22. The van der Waals surface area contributed by atoms with Gasteiger partial charge in [-0.2, -0.15) is 5.10 Å². The van der Waals surface area contributed by atoms with E-state index in [1.807, 2.05) is 11.7 Å². The molecule has 1 aromatic heterocycles. The molecule has 5 nitrogen and oxygen atoms in total. The fourth-order valence-corrected chi connectivity index (χ4v) is 4.53. The summed E-state index contributed by atoms with van der Waals surface area (Å²) in [6.45, 7) is 3.86. The van der Waals surface area contributed by atoms with Crippen molar-refractivity contribution in [2.24, 2.45) is 18.7 Å². The molecule has 1 saturated carbocycles. The molecule has 2 N–H and O–H groups in total. The van der Waals surface area contributed by atoms with Crippen LogP contribution in [-0.2, 0) is 7.05 Å². The fourth-order valence-electron chi connectivity index (χ4n) is 4.53. The van der Waals surface area contributed by atoms with Gasteiger partial charge in [-0.15, -0.1) is 0 Å². The number of likely N-dealkylation sites (tertiary alicyclic amines) is 1. The number of methoxy groups -OCH3 is 1. The lowest BCUT2D eigenvalue weighted by molar-refractivity contribution is 0.133. The topological polar surface area (TPSA) is 56.3 Å². The van der Waals surface area contributed by atoms with E-state index >= 15 is 0 Å². The van der Waals surface area contributed by atoms with Crippen LogP contribution in [0.5, 0.6) is 5.88 Å². The fraction of sp³-hybridized carbons (Fsp3) is 0.812. The maximum atomic E-state index is 6.17. The molecule has 1 aromatic rings. The Bertz CT molecular complexity index is 499. The number of aromatic nitrogens is 2. The first kappa shape index (κ1) is 14.9. The monoisotopic (exact) mass is 292 g/mol. The lowest BCUT2D eigenvalue weighted by atomic mass is 9.84. The summed E-state index contributed by atoms with van der Waals surface area (Å²) < 4.78 is 7.43. The highest BCUT2D eigenvalue weighted by atomic mass is 16.5. The van der Waals surface area contributed by atoms with Crippen LogP contribution in [0.1, 0.15) is 49.4 Å². The first-order chi connectivity index (χ1) is 10.2. The van der Waals surface area contributed by atoms with Crippen LogP contribution in [0.15, 0.2) is 0 Å². The number of nitrogens with zero attached hydrogens (tertiary/aromatic N) is 3. The molecule has 3 unspecified atom stereocenters. The molecule has 118 valence electrons. The van der Waals surface area contributed by atoms with E-state index in [4.69, 9.17) is 10.5 Å². The third-order valence-electron chi connectivity index (χ3n) is 5.42. The van der Waals surface area contributed by atoms with Gasteiger partial charge in [-0.1, -0.05) is 12.8 Å². The van der Waals surface area contributed by atoms with Gasteiger partial charge in [0.25, 0.3) is 0 Å². The minimum absolute atomic E-state index is 0.238. The Morgan fingerprint density at radius 2 is 2.10 bits per heavy atom. The summed E-state index contributed by atoms with van der Waals surface area (Å²) in [4.78, 5) is 2.64. The van der Waals surface area contributed by atoms with Crippen LogP contribution in [0, 0.1) is 12.8 Å². The summed E-state index contributed by atoms with van der Waals surface area (Å²) in [7, 11) is 3.66. The van der Waals surface area contributed by atoms with Gasteiger partial charge in [0.1, 0.15) is 0 Å². The molecule has 3 atom stereocenters. The molecule has 1 aliphatic carbocycles. The van der Waals surface area contributed by atoms with Crippen molar-refractivity contribution in [3.63, 3.8) is 0 Å². The predicted octanol–water partition coefficient (Wildman–Crippen LogP) is 2.00. The molecule has 1 aliphatic heterocycles. The van der Waals surface area contributed by atoms with Crippen LogP contribution in [0.4, 0.5) is 0 Å². The molecule has 2 fully saturated rings. The van der Waals surface area contributed by atoms with E-state index in [2.05, 4.69) is 16.9 Å². The highest BCUT2D eigenvalue weighted by Gasteiger charge is 2.40. The number of ether oxygens (including phenoxy) is 1. The number of hydrogen-bond donors (Lipinski definition) is 1. The Hall–Kier alpha value is -1.07. The van der Waals surface area contributed by atoms with Crippen LogP contribution >= 0.6 is 0 Å². The molecule has 2 heterocycles. The molecule has 0 amide bonds. The van der Waals surface area contributed by atoms with E-state index in [9.17, 15) is 0 Å². The maximum Gasteiger partial charge on any atom is 0.216 e. The van der Waals surface area contributed by atoms with Crippen LogP contribution < -0.4 is 10.5 Å². The van der Waals surface area contributed by atoms with Gasteiger partial charge >= 0.3 is 0 Å². The van der Waals surface area contributed by atoms with Gasteiger partial charge in [0.05, 0.1) is 24.4 Å². The van der Waals surface area contributed by atoms with Gasteiger partial charge < -0.3 is 10.5 Å². The normalized spacial score (nSPS) is 27.6. The summed E-state index contributed by atoms with van der Waals surface area (Å²) in [6.07, 6.45) is 6.79. The zero-order valence-corrected chi connectivity index (χ0v) is 13.5. The Balaban J connectivity index is 1.92. The molecule has 0 spiro atoms. The van der Waals surface area contributed by atoms with Gasteiger partial charge in [0.2, 0.25) is 5.88 Å². The van der Waals surface area contributed by atoms with Crippen molar-refractivity contribution in [3.8, 4) is 5.88 Å². The molecular formula is C16H28N4O. The molecule has 0 radical (unpaired) electrons. The minimum Gasteiger partial charge on any atom is -0.481 e. The van der Waals surface area contributed by atoms with Gasteiger partial charge in [-0.05, 0) is 38.6 Å². The minimum atomic E-state index is 0.238. The zero-order chi connectivity index (χ0) is 15.0. The van der Waals surface area contributed by atoms with Gasteiger partial charge in [-0.3, -0.25) is 4.90 Å². The smallest absolute Gasteiger partial charge is 0.216 e. The van der Waals surface area contributed by atoms with E-state index in [-0.39, 0.29) is 6.04 Å². The average Bonchev–Trinajstić information content (AvgIpc) is 3.02. The van der Waals surface area contributed by atoms with E-state index in [0.717, 1.165) is 24.0 Å². The summed E-state index contributed by atoms with van der Waals surface area (Å²) in [5, 5.41) is 4.54. The SMILES string of the molecule is COc1c(C(CN)N2CCC3CCCCC32)c(C)nn1C. The first-order valence-electron chi connectivity index (χ1n) is 8.20. The van der Waals surface area contributed by atoms with Crippen molar-refractivity contribution >= 4 is 0 Å². The highest BCUT2D eigenvalue weighted by molar-refractivity contribution is 5.35. The van der Waals surface area contributed by atoms with Gasteiger partial charge in [0.15, 0.2) is 0 Å². The third-order valence-corrected chi connectivity index (χ3v) is 5.42. The quantitative estimate of drug-likeness (QED) is 0.922. The van der Waals surface area contributed by atoms with Gasteiger partial charge in [-0.25, -0.2) is 4.68 Å². The van der Waals surface area contributed by atoms with E-state index in [0.29, 0.717) is 12.6 Å². The first-order valence-corrected chi connectivity index (χ1v) is 8.20. The van der Waals surface area contributed by atoms with Crippen molar-refractivity contribution in [2.75, 3.05) is 20.2 Å². The molecule has 0 aromatic carbocycles. The number of rotatable bonds is 4. The lowest BCUT2D eigenvalue weighted by Gasteiger charge is -2.36. The Morgan fingerprint density at radius 1 is 1.33 bits per heavy atom. The Labute approximate surface area is 127 Å². The summed E-state index contributed by atoms with van der Waals surface area (Å²) in [5.41, 5.74) is 8.41. The molecule has 3 rings (SSSR count). The van der Waals surface area contributed by atoms with Crippen molar-refractivity contribution in [1.82, 2.24) is 14.7 Å². The van der Waals surface area contributed by atoms with Crippen LogP contribution in [-0.4, -0.2) is 40.9 Å². The number of aryl methyl sites for hydroxylation is 2. The van der Waals surface area contributed by atoms with E-state index in [1.165, 1.54) is 37.7 Å². The maximum absolute atomic E-state index is 6.17. The lowest BCUT2D eigenvalue weighted by Crippen LogP contribution is -2.40. The third kappa shape index (κ3) is 2.46. The van der Waals surface area contributed by atoms with E-state index in [1.54, 1.807) is 7.11 Å². The molecule has 0 bridgehead atoms. The largest absolute Gasteiger partial charge is 0.481 e. The molecular weight excluding hydrogens is 264 g/mol. The standard InChI is InChI=1S/C16H28N4O/c1-11-15(16(21-3)19(2)18-11)14(10-17)20-9-8-12-6-4-5-7-13(12)20/h12-14H,4-10,17H2,1-3H3. The van der Waals surface area contributed by atoms with Crippen LogP contribution in [0.25, 0.3) is 0 Å². The summed E-state index contributed by atoms with van der Waals surface area (Å²) in [6, 6.07) is 0.943. The average molecular weight is 292 g/mol. The van der Waals surface area contributed by atoms with Crippen molar-refractivity contribution < 1.29 is 4.74 Å². The molecule has 2 aliphatic rings. The second kappa shape index (κ2) is 5.97. The van der Waals surface area contributed by atoms with E-state index < -0.39 is 0 Å². The second-order valence-electron chi connectivity index (χ2n) is 6.52.